The van der Waals surface area contributed by atoms with Crippen LogP contribution in [0.5, 0.6) is 0 Å². The van der Waals surface area contributed by atoms with Crippen LogP contribution >= 0.6 is 0 Å². The summed E-state index contributed by atoms with van der Waals surface area (Å²) in [5.41, 5.74) is 1.84. The number of carbonyl (C=O) groups is 2. The van der Waals surface area contributed by atoms with Gasteiger partial charge in [-0.15, -0.1) is 0 Å². The Labute approximate surface area is 117 Å². The highest BCUT2D eigenvalue weighted by Crippen LogP contribution is 1.97. The highest BCUT2D eigenvalue weighted by atomic mass is 16.2. The van der Waals surface area contributed by atoms with E-state index in [-0.39, 0.29) is 0 Å². The van der Waals surface area contributed by atoms with Crippen LogP contribution in [0, 0.1) is 0 Å². The SMILES string of the molecule is O=C(NCc1ccccc1)C(=O)NCc1ccncc1. The molecule has 1 aromatic carbocycles. The average molecular weight is 269 g/mol. The van der Waals surface area contributed by atoms with Gasteiger partial charge in [0.25, 0.3) is 0 Å². The first-order valence-corrected chi connectivity index (χ1v) is 6.24. The number of pyridine rings is 1. The average Bonchev–Trinajstić information content (AvgIpc) is 2.52. The van der Waals surface area contributed by atoms with Gasteiger partial charge in [0.1, 0.15) is 0 Å². The van der Waals surface area contributed by atoms with Gasteiger partial charge in [-0.2, -0.15) is 0 Å². The molecule has 0 aliphatic heterocycles. The van der Waals surface area contributed by atoms with Crippen LogP contribution < -0.4 is 10.6 Å². The lowest BCUT2D eigenvalue weighted by atomic mass is 10.2. The molecule has 2 aromatic rings. The monoisotopic (exact) mass is 269 g/mol. The van der Waals surface area contributed by atoms with Crippen molar-refractivity contribution in [2.24, 2.45) is 0 Å². The summed E-state index contributed by atoms with van der Waals surface area (Å²) in [4.78, 5) is 27.1. The number of aromatic nitrogens is 1. The molecule has 0 aliphatic rings. The minimum absolute atomic E-state index is 0.306. The van der Waals surface area contributed by atoms with Gasteiger partial charge in [-0.1, -0.05) is 30.3 Å². The number of benzene rings is 1. The fourth-order valence-electron chi connectivity index (χ4n) is 1.62. The third-order valence-corrected chi connectivity index (χ3v) is 2.70. The van der Waals surface area contributed by atoms with Crippen LogP contribution in [0.2, 0.25) is 0 Å². The van der Waals surface area contributed by atoms with E-state index in [0.717, 1.165) is 11.1 Å². The van der Waals surface area contributed by atoms with Crippen LogP contribution in [0.4, 0.5) is 0 Å². The predicted octanol–water partition coefficient (Wildman–Crippen LogP) is 1.01. The fraction of sp³-hybridized carbons (Fsp3) is 0.133. The van der Waals surface area contributed by atoms with Crippen molar-refractivity contribution in [3.63, 3.8) is 0 Å². The summed E-state index contributed by atoms with van der Waals surface area (Å²) in [6.45, 7) is 0.641. The second-order valence-corrected chi connectivity index (χ2v) is 4.21. The molecule has 0 spiro atoms. The molecule has 0 bridgehead atoms. The molecule has 0 saturated heterocycles. The molecule has 0 fully saturated rings. The highest BCUT2D eigenvalue weighted by molar-refractivity contribution is 6.35. The summed E-state index contributed by atoms with van der Waals surface area (Å²) in [6, 6.07) is 13.0. The Bertz CT molecular complexity index is 517. The van der Waals surface area contributed by atoms with Crippen molar-refractivity contribution in [1.29, 1.82) is 0 Å². The van der Waals surface area contributed by atoms with Gasteiger partial charge in [0.15, 0.2) is 0 Å². The first kappa shape index (κ1) is 13.7. The maximum absolute atomic E-state index is 11.6. The van der Waals surface area contributed by atoms with Gasteiger partial charge < -0.3 is 10.6 Å². The Kier molecular flexibility index (Phi) is 4.83. The second kappa shape index (κ2) is 7.04. The molecule has 2 rings (SSSR count). The molecule has 2 N–H and O–H groups in total. The fourth-order valence-corrected chi connectivity index (χ4v) is 1.62. The quantitative estimate of drug-likeness (QED) is 0.814. The van der Waals surface area contributed by atoms with E-state index < -0.39 is 11.8 Å². The normalized spacial score (nSPS) is 9.80. The molecule has 0 saturated carbocycles. The van der Waals surface area contributed by atoms with Crippen molar-refractivity contribution in [2.45, 2.75) is 13.1 Å². The Morgan fingerprint density at radius 3 is 1.85 bits per heavy atom. The Hall–Kier alpha value is -2.69. The first-order valence-electron chi connectivity index (χ1n) is 6.24. The minimum atomic E-state index is -0.641. The number of hydrogen-bond acceptors (Lipinski definition) is 3. The first-order chi connectivity index (χ1) is 9.75. The molecule has 1 aromatic heterocycles. The largest absolute Gasteiger partial charge is 0.344 e. The lowest BCUT2D eigenvalue weighted by Crippen LogP contribution is -2.39. The molecule has 5 heteroatoms. The molecular formula is C15H15N3O2. The zero-order chi connectivity index (χ0) is 14.2. The van der Waals surface area contributed by atoms with Crippen LogP contribution in [0.25, 0.3) is 0 Å². The van der Waals surface area contributed by atoms with Gasteiger partial charge in [0.2, 0.25) is 0 Å². The summed E-state index contributed by atoms with van der Waals surface area (Å²) in [7, 11) is 0. The standard InChI is InChI=1S/C15H15N3O2/c19-14(17-10-12-4-2-1-3-5-12)15(20)18-11-13-6-8-16-9-7-13/h1-9H,10-11H2,(H,17,19)(H,18,20). The molecule has 1 heterocycles. The third-order valence-electron chi connectivity index (χ3n) is 2.70. The minimum Gasteiger partial charge on any atom is -0.344 e. The zero-order valence-corrected chi connectivity index (χ0v) is 10.9. The molecule has 0 unspecified atom stereocenters. The van der Waals surface area contributed by atoms with Crippen molar-refractivity contribution in [3.05, 3.63) is 66.0 Å². The molecule has 102 valence electrons. The summed E-state index contributed by atoms with van der Waals surface area (Å²) in [5, 5.41) is 5.13. The number of amides is 2. The van der Waals surface area contributed by atoms with Crippen molar-refractivity contribution in [2.75, 3.05) is 0 Å². The van der Waals surface area contributed by atoms with Crippen LogP contribution in [0.1, 0.15) is 11.1 Å². The van der Waals surface area contributed by atoms with Gasteiger partial charge in [-0.05, 0) is 23.3 Å². The Morgan fingerprint density at radius 1 is 0.800 bits per heavy atom. The van der Waals surface area contributed by atoms with E-state index in [1.807, 2.05) is 30.3 Å². The lowest BCUT2D eigenvalue weighted by molar-refractivity contribution is -0.139. The number of nitrogens with zero attached hydrogens (tertiary/aromatic N) is 1. The maximum Gasteiger partial charge on any atom is 0.309 e. The second-order valence-electron chi connectivity index (χ2n) is 4.21. The van der Waals surface area contributed by atoms with Gasteiger partial charge in [-0.25, -0.2) is 0 Å². The van der Waals surface area contributed by atoms with Crippen molar-refractivity contribution in [3.8, 4) is 0 Å². The van der Waals surface area contributed by atoms with Crippen LogP contribution in [0.3, 0.4) is 0 Å². The van der Waals surface area contributed by atoms with Gasteiger partial charge >= 0.3 is 11.8 Å². The number of rotatable bonds is 4. The summed E-state index contributed by atoms with van der Waals surface area (Å²) < 4.78 is 0. The number of nitrogens with one attached hydrogen (secondary N) is 2. The Balaban J connectivity index is 1.76. The number of carbonyl (C=O) groups excluding carboxylic acids is 2. The molecule has 0 radical (unpaired) electrons. The van der Waals surface area contributed by atoms with E-state index >= 15 is 0 Å². The van der Waals surface area contributed by atoms with E-state index in [1.165, 1.54) is 0 Å². The summed E-state index contributed by atoms with van der Waals surface area (Å²) in [6.07, 6.45) is 3.27. The van der Waals surface area contributed by atoms with Gasteiger partial charge in [0, 0.05) is 25.5 Å². The topological polar surface area (TPSA) is 71.1 Å². The van der Waals surface area contributed by atoms with E-state index in [4.69, 9.17) is 0 Å². The lowest BCUT2D eigenvalue weighted by Gasteiger charge is -2.06. The van der Waals surface area contributed by atoms with Crippen molar-refractivity contribution >= 4 is 11.8 Å². The van der Waals surface area contributed by atoms with Gasteiger partial charge in [0.05, 0.1) is 0 Å². The smallest absolute Gasteiger partial charge is 0.309 e. The third kappa shape index (κ3) is 4.20. The van der Waals surface area contributed by atoms with E-state index in [2.05, 4.69) is 15.6 Å². The highest BCUT2D eigenvalue weighted by Gasteiger charge is 2.12. The molecule has 2 amide bonds. The van der Waals surface area contributed by atoms with E-state index in [1.54, 1.807) is 24.5 Å². The molecule has 0 atom stereocenters. The van der Waals surface area contributed by atoms with Crippen molar-refractivity contribution in [1.82, 2.24) is 15.6 Å². The maximum atomic E-state index is 11.6. The van der Waals surface area contributed by atoms with E-state index in [9.17, 15) is 9.59 Å². The van der Waals surface area contributed by atoms with E-state index in [0.29, 0.717) is 13.1 Å². The summed E-state index contributed by atoms with van der Waals surface area (Å²) >= 11 is 0. The summed E-state index contributed by atoms with van der Waals surface area (Å²) in [5.74, 6) is -1.28. The number of hydrogen-bond donors (Lipinski definition) is 2. The molecular weight excluding hydrogens is 254 g/mol. The molecule has 0 aliphatic carbocycles. The van der Waals surface area contributed by atoms with Crippen LogP contribution in [0.15, 0.2) is 54.9 Å². The zero-order valence-electron chi connectivity index (χ0n) is 10.9. The van der Waals surface area contributed by atoms with Crippen LogP contribution in [-0.4, -0.2) is 16.8 Å². The Morgan fingerprint density at radius 2 is 1.30 bits per heavy atom. The predicted molar refractivity (Wildman–Crippen MR) is 74.4 cm³/mol. The van der Waals surface area contributed by atoms with Gasteiger partial charge in [-0.3, -0.25) is 14.6 Å². The molecule has 5 nitrogen and oxygen atoms in total. The van der Waals surface area contributed by atoms with Crippen molar-refractivity contribution < 1.29 is 9.59 Å². The molecule has 20 heavy (non-hydrogen) atoms. The van der Waals surface area contributed by atoms with Crippen LogP contribution in [-0.2, 0) is 22.7 Å².